The first kappa shape index (κ1) is 36.0. The van der Waals surface area contributed by atoms with E-state index in [1.807, 2.05) is 68.4 Å². The maximum atomic E-state index is 13.1. The van der Waals surface area contributed by atoms with E-state index in [1.165, 1.54) is 24.3 Å². The van der Waals surface area contributed by atoms with Crippen LogP contribution in [0.2, 0.25) is 10.0 Å². The fourth-order valence-electron chi connectivity index (χ4n) is 5.12. The Morgan fingerprint density at radius 1 is 0.596 bits per heavy atom. The molecule has 0 bridgehead atoms. The molecule has 0 aromatic heterocycles. The zero-order valence-corrected chi connectivity index (χ0v) is 29.1. The van der Waals surface area contributed by atoms with Crippen molar-refractivity contribution in [3.05, 3.63) is 154 Å². The third kappa shape index (κ3) is 9.39. The molecule has 0 spiro atoms. The van der Waals surface area contributed by atoms with Crippen LogP contribution in [0.15, 0.2) is 137 Å². The molecule has 0 aliphatic heterocycles. The summed E-state index contributed by atoms with van der Waals surface area (Å²) in [6.07, 6.45) is 0.890. The van der Waals surface area contributed by atoms with Gasteiger partial charge in [0, 0.05) is 10.0 Å². The first-order chi connectivity index (χ1) is 22.4. The van der Waals surface area contributed by atoms with Gasteiger partial charge in [-0.3, -0.25) is 0 Å². The van der Waals surface area contributed by atoms with E-state index >= 15 is 0 Å². The Kier molecular flexibility index (Phi) is 12.5. The van der Waals surface area contributed by atoms with Gasteiger partial charge in [0.25, 0.3) is 0 Å². The molecule has 246 valence electrons. The van der Waals surface area contributed by atoms with E-state index in [1.54, 1.807) is 48.5 Å². The van der Waals surface area contributed by atoms with E-state index in [2.05, 4.69) is 0 Å². The predicted molar refractivity (Wildman–Crippen MR) is 189 cm³/mol. The molecular weight excluding hydrogens is 675 g/mol. The van der Waals surface area contributed by atoms with Crippen LogP contribution < -0.4 is 4.74 Å². The predicted octanol–water partition coefficient (Wildman–Crippen LogP) is 9.81. The largest absolute Gasteiger partial charge is 0.508 e. The molecule has 47 heavy (non-hydrogen) atoms. The average molecular weight is 712 g/mol. The van der Waals surface area contributed by atoms with Crippen molar-refractivity contribution < 1.29 is 26.7 Å². The van der Waals surface area contributed by atoms with Crippen LogP contribution in [0.4, 0.5) is 0 Å². The number of sulfone groups is 2. The minimum Gasteiger partial charge on any atom is -0.508 e. The lowest BCUT2D eigenvalue weighted by atomic mass is 10.1. The van der Waals surface area contributed by atoms with Gasteiger partial charge >= 0.3 is 0 Å². The molecule has 0 aliphatic rings. The van der Waals surface area contributed by atoms with Crippen LogP contribution in [0.1, 0.15) is 53.9 Å². The third-order valence-electron chi connectivity index (χ3n) is 7.50. The van der Waals surface area contributed by atoms with Crippen LogP contribution in [0.3, 0.4) is 0 Å². The summed E-state index contributed by atoms with van der Waals surface area (Å²) >= 11 is 11.7. The molecule has 0 saturated heterocycles. The van der Waals surface area contributed by atoms with Crippen LogP contribution in [-0.2, 0) is 26.3 Å². The highest BCUT2D eigenvalue weighted by Crippen LogP contribution is 2.35. The van der Waals surface area contributed by atoms with Crippen molar-refractivity contribution in [2.45, 2.75) is 53.6 Å². The maximum absolute atomic E-state index is 13.1. The fraction of sp³-hybridized carbons (Fsp3) is 0.189. The number of hydrogen-bond donors (Lipinski definition) is 1. The number of halogens is 2. The first-order valence-electron chi connectivity index (χ1n) is 15.0. The van der Waals surface area contributed by atoms with Crippen LogP contribution in [0.5, 0.6) is 11.5 Å². The fourth-order valence-corrected chi connectivity index (χ4v) is 8.94. The van der Waals surface area contributed by atoms with Gasteiger partial charge in [-0.1, -0.05) is 91.6 Å². The molecular formula is C37H36Cl2O6S2. The van der Waals surface area contributed by atoms with Crippen molar-refractivity contribution >= 4 is 42.9 Å². The molecule has 2 unspecified atom stereocenters. The summed E-state index contributed by atoms with van der Waals surface area (Å²) in [5.41, 5.74) is 2.36. The van der Waals surface area contributed by atoms with Crippen molar-refractivity contribution in [3.63, 3.8) is 0 Å². The molecule has 0 amide bonds. The minimum absolute atomic E-state index is 0.0623. The van der Waals surface area contributed by atoms with Gasteiger partial charge in [0.2, 0.25) is 0 Å². The van der Waals surface area contributed by atoms with Gasteiger partial charge in [0.1, 0.15) is 18.1 Å². The van der Waals surface area contributed by atoms with E-state index in [4.69, 9.17) is 27.9 Å². The van der Waals surface area contributed by atoms with Gasteiger partial charge in [-0.05, 0) is 102 Å². The van der Waals surface area contributed by atoms with Crippen LogP contribution in [-0.4, -0.2) is 21.9 Å². The van der Waals surface area contributed by atoms with Gasteiger partial charge in [-0.2, -0.15) is 0 Å². The number of ether oxygens (including phenoxy) is 1. The maximum Gasteiger partial charge on any atom is 0.185 e. The second kappa shape index (κ2) is 16.3. The van der Waals surface area contributed by atoms with Gasteiger partial charge in [0.05, 0.1) is 20.3 Å². The highest BCUT2D eigenvalue weighted by atomic mass is 35.5. The molecule has 1 N–H and O–H groups in total. The second-order valence-corrected chi connectivity index (χ2v) is 15.9. The van der Waals surface area contributed by atoms with Crippen molar-refractivity contribution in [2.75, 3.05) is 0 Å². The van der Waals surface area contributed by atoms with E-state index in [0.29, 0.717) is 40.8 Å². The SMILES string of the molecule is CCC(c1cccc(O)c1)S(=O)(=O)c1ccc(Cl)cc1.CCC(c1cccc(OCc2ccccc2)c1)S(=O)(=O)c1ccc(Cl)cc1. The molecule has 10 heteroatoms. The van der Waals surface area contributed by atoms with Gasteiger partial charge in [-0.15, -0.1) is 0 Å². The summed E-state index contributed by atoms with van der Waals surface area (Å²) in [5.74, 6) is 0.716. The standard InChI is InChI=1S/C22H21ClO3S.C15H15ClO3S/c1-2-22(27(24,25)21-13-11-19(23)12-14-21)18-9-6-10-20(15-18)26-16-17-7-4-3-5-8-17;1-2-15(11-4-3-5-13(17)10-11)20(18,19)14-8-6-12(16)7-9-14/h3-15,22H,2,16H2,1H3;3-10,15,17H,2H2,1H3. The average Bonchev–Trinajstić information content (AvgIpc) is 3.06. The summed E-state index contributed by atoms with van der Waals surface area (Å²) in [6, 6.07) is 35.9. The summed E-state index contributed by atoms with van der Waals surface area (Å²) < 4.78 is 57.3. The monoisotopic (exact) mass is 710 g/mol. The molecule has 6 nitrogen and oxygen atoms in total. The smallest absolute Gasteiger partial charge is 0.185 e. The molecule has 5 aromatic carbocycles. The highest BCUT2D eigenvalue weighted by molar-refractivity contribution is 7.92. The molecule has 0 radical (unpaired) electrons. The Hall–Kier alpha value is -3.82. The summed E-state index contributed by atoms with van der Waals surface area (Å²) in [7, 11) is -7.03. The zero-order chi connectivity index (χ0) is 34.0. The minimum atomic E-state index is -3.52. The Labute approximate surface area is 287 Å². The Bertz CT molecular complexity index is 1960. The quantitative estimate of drug-likeness (QED) is 0.147. The molecule has 2 atom stereocenters. The first-order valence-corrected chi connectivity index (χ1v) is 18.8. The summed E-state index contributed by atoms with van der Waals surface area (Å²) in [6.45, 7) is 4.11. The number of phenols is 1. The van der Waals surface area contributed by atoms with Crippen molar-refractivity contribution in [1.82, 2.24) is 0 Å². The number of rotatable bonds is 11. The molecule has 5 aromatic rings. The van der Waals surface area contributed by atoms with E-state index < -0.39 is 30.2 Å². The van der Waals surface area contributed by atoms with Gasteiger partial charge in [0.15, 0.2) is 19.7 Å². The zero-order valence-electron chi connectivity index (χ0n) is 26.0. The highest BCUT2D eigenvalue weighted by Gasteiger charge is 2.29. The van der Waals surface area contributed by atoms with Crippen LogP contribution >= 0.6 is 23.2 Å². The number of aromatic hydroxyl groups is 1. The van der Waals surface area contributed by atoms with Crippen molar-refractivity contribution in [2.24, 2.45) is 0 Å². The third-order valence-corrected chi connectivity index (χ3v) is 12.6. The molecule has 5 rings (SSSR count). The Balaban J connectivity index is 0.000000223. The lowest BCUT2D eigenvalue weighted by Gasteiger charge is -2.18. The molecule has 0 heterocycles. The van der Waals surface area contributed by atoms with Gasteiger partial charge < -0.3 is 9.84 Å². The normalized spacial score (nSPS) is 12.8. The second-order valence-electron chi connectivity index (χ2n) is 10.7. The van der Waals surface area contributed by atoms with E-state index in [0.717, 1.165) is 11.1 Å². The summed E-state index contributed by atoms with van der Waals surface area (Å²) in [5, 5.41) is 9.20. The number of phenolic OH excluding ortho intramolecular Hbond substituents is 1. The van der Waals surface area contributed by atoms with E-state index in [-0.39, 0.29) is 15.5 Å². The number of hydrogen-bond acceptors (Lipinski definition) is 6. The number of benzene rings is 5. The lowest BCUT2D eigenvalue weighted by molar-refractivity contribution is 0.306. The Morgan fingerprint density at radius 3 is 1.53 bits per heavy atom. The topological polar surface area (TPSA) is 97.7 Å². The summed E-state index contributed by atoms with van der Waals surface area (Å²) in [4.78, 5) is 0.506. The van der Waals surface area contributed by atoms with Crippen molar-refractivity contribution in [3.8, 4) is 11.5 Å². The molecule has 0 aliphatic carbocycles. The van der Waals surface area contributed by atoms with Gasteiger partial charge in [-0.25, -0.2) is 16.8 Å². The van der Waals surface area contributed by atoms with Crippen molar-refractivity contribution in [1.29, 1.82) is 0 Å². The van der Waals surface area contributed by atoms with E-state index in [9.17, 15) is 21.9 Å². The lowest BCUT2D eigenvalue weighted by Crippen LogP contribution is -2.13. The molecule has 0 saturated carbocycles. The Morgan fingerprint density at radius 2 is 1.06 bits per heavy atom. The van der Waals surface area contributed by atoms with Crippen LogP contribution in [0, 0.1) is 0 Å². The molecule has 0 fully saturated rings. The van der Waals surface area contributed by atoms with Crippen LogP contribution in [0.25, 0.3) is 0 Å².